The predicted molar refractivity (Wildman–Crippen MR) is 109 cm³/mol. The molecule has 3 rings (SSSR count). The lowest BCUT2D eigenvalue weighted by molar-refractivity contribution is -0.400. The molecule has 2 unspecified atom stereocenters. The number of benzene rings is 1. The highest BCUT2D eigenvalue weighted by molar-refractivity contribution is 5.30. The van der Waals surface area contributed by atoms with Crippen molar-refractivity contribution in [1.82, 2.24) is 15.1 Å². The van der Waals surface area contributed by atoms with E-state index in [1.807, 2.05) is 6.07 Å². The third-order valence-electron chi connectivity index (χ3n) is 6.05. The number of piperazine rings is 1. The number of methoxy groups -OCH3 is 3. The molecule has 2 heterocycles. The van der Waals surface area contributed by atoms with Gasteiger partial charge < -0.3 is 24.3 Å². The molecule has 0 saturated carbocycles. The Morgan fingerprint density at radius 3 is 2.72 bits per heavy atom. The molecular weight excluding hydrogens is 377 g/mol. The summed E-state index contributed by atoms with van der Waals surface area (Å²) in [6, 6.07) is 5.45. The van der Waals surface area contributed by atoms with Gasteiger partial charge in [0, 0.05) is 59.5 Å². The smallest absolute Gasteiger partial charge is 0.298 e. The molecule has 164 valence electrons. The molecule has 0 aromatic heterocycles. The number of hydrogen-bond acceptors (Lipinski definition) is 7. The van der Waals surface area contributed by atoms with Gasteiger partial charge in [-0.15, -0.1) is 0 Å². The van der Waals surface area contributed by atoms with Gasteiger partial charge in [0.1, 0.15) is 0 Å². The first-order chi connectivity index (χ1) is 14.0. The zero-order valence-corrected chi connectivity index (χ0v) is 17.9. The Morgan fingerprint density at radius 2 is 2.00 bits per heavy atom. The minimum Gasteiger partial charge on any atom is -0.494 e. The Hall–Kier alpha value is -1.29. The molecule has 2 saturated heterocycles. The maximum absolute atomic E-state index is 13.6. The number of hydrogen-bond donors (Lipinski definition) is 1. The van der Waals surface area contributed by atoms with E-state index < -0.39 is 5.97 Å². The molecule has 29 heavy (non-hydrogen) atoms. The molecule has 8 heteroatoms. The maximum Gasteiger partial charge on any atom is 0.298 e. The van der Waals surface area contributed by atoms with Gasteiger partial charge in [0.15, 0.2) is 11.6 Å². The van der Waals surface area contributed by atoms with Crippen LogP contribution >= 0.6 is 0 Å². The zero-order valence-electron chi connectivity index (χ0n) is 17.9. The Bertz CT molecular complexity index is 659. The fourth-order valence-electron chi connectivity index (χ4n) is 4.31. The van der Waals surface area contributed by atoms with Crippen LogP contribution in [0.4, 0.5) is 4.39 Å². The lowest BCUT2D eigenvalue weighted by Crippen LogP contribution is -2.62. The van der Waals surface area contributed by atoms with E-state index in [0.29, 0.717) is 18.4 Å². The Labute approximate surface area is 173 Å². The average molecular weight is 412 g/mol. The summed E-state index contributed by atoms with van der Waals surface area (Å²) in [7, 11) is 4.74. The van der Waals surface area contributed by atoms with Crippen LogP contribution in [0.15, 0.2) is 18.2 Å². The molecule has 0 bridgehead atoms. The number of rotatable bonds is 8. The standard InChI is InChI=1S/C21H34FN3O4/c1-16-21(27-3,28-4)29-12-11-25(16)10-9-24-8-7-23-18(15-24)13-17-5-6-19(22)20(14-17)26-2/h5-6,14,16,18,23H,7-13,15H2,1-4H3. The summed E-state index contributed by atoms with van der Waals surface area (Å²) in [5.41, 5.74) is 1.08. The highest BCUT2D eigenvalue weighted by Gasteiger charge is 2.44. The van der Waals surface area contributed by atoms with E-state index >= 15 is 0 Å². The van der Waals surface area contributed by atoms with Crippen molar-refractivity contribution in [1.29, 1.82) is 0 Å². The van der Waals surface area contributed by atoms with Crippen molar-refractivity contribution in [3.8, 4) is 5.75 Å². The molecule has 2 atom stereocenters. The zero-order chi connectivity index (χ0) is 20.9. The van der Waals surface area contributed by atoms with Gasteiger partial charge in [0.25, 0.3) is 5.97 Å². The van der Waals surface area contributed by atoms with E-state index in [0.717, 1.165) is 51.3 Å². The first kappa shape index (κ1) is 22.4. The molecule has 0 amide bonds. The minimum atomic E-state index is -0.994. The van der Waals surface area contributed by atoms with Gasteiger partial charge in [-0.05, 0) is 31.0 Å². The van der Waals surface area contributed by atoms with Crippen LogP contribution in [0.3, 0.4) is 0 Å². The molecule has 1 aromatic carbocycles. The molecule has 0 aliphatic carbocycles. The van der Waals surface area contributed by atoms with Crippen molar-refractivity contribution in [2.75, 3.05) is 67.2 Å². The quantitative estimate of drug-likeness (QED) is 0.648. The summed E-state index contributed by atoms with van der Waals surface area (Å²) in [6.45, 7) is 8.34. The molecular formula is C21H34FN3O4. The van der Waals surface area contributed by atoms with Crippen LogP contribution in [0.2, 0.25) is 0 Å². The van der Waals surface area contributed by atoms with E-state index in [-0.39, 0.29) is 11.9 Å². The minimum absolute atomic E-state index is 0.0108. The lowest BCUT2D eigenvalue weighted by atomic mass is 10.0. The Kier molecular flexibility index (Phi) is 7.84. The van der Waals surface area contributed by atoms with Crippen LogP contribution in [0.1, 0.15) is 12.5 Å². The molecule has 7 nitrogen and oxygen atoms in total. The monoisotopic (exact) mass is 411 g/mol. The molecule has 2 fully saturated rings. The van der Waals surface area contributed by atoms with E-state index in [2.05, 4.69) is 22.0 Å². The van der Waals surface area contributed by atoms with E-state index in [1.54, 1.807) is 20.3 Å². The highest BCUT2D eigenvalue weighted by Crippen LogP contribution is 2.26. The van der Waals surface area contributed by atoms with Crippen molar-refractivity contribution >= 4 is 0 Å². The summed E-state index contributed by atoms with van der Waals surface area (Å²) in [6.07, 6.45) is 0.845. The topological polar surface area (TPSA) is 55.4 Å². The maximum atomic E-state index is 13.6. The normalized spacial score (nSPS) is 25.8. The van der Waals surface area contributed by atoms with Crippen molar-refractivity contribution in [3.05, 3.63) is 29.6 Å². The van der Waals surface area contributed by atoms with E-state index in [4.69, 9.17) is 18.9 Å². The van der Waals surface area contributed by atoms with Gasteiger partial charge in [-0.3, -0.25) is 9.80 Å². The molecule has 2 aliphatic rings. The first-order valence-corrected chi connectivity index (χ1v) is 10.3. The lowest BCUT2D eigenvalue weighted by Gasteiger charge is -2.46. The van der Waals surface area contributed by atoms with Crippen molar-refractivity contribution < 1.29 is 23.3 Å². The molecule has 0 spiro atoms. The van der Waals surface area contributed by atoms with Gasteiger partial charge >= 0.3 is 0 Å². The van der Waals surface area contributed by atoms with Gasteiger partial charge in [-0.1, -0.05) is 6.07 Å². The first-order valence-electron chi connectivity index (χ1n) is 10.3. The molecule has 1 aromatic rings. The fraction of sp³-hybridized carbons (Fsp3) is 0.714. The van der Waals surface area contributed by atoms with Crippen molar-refractivity contribution in [3.63, 3.8) is 0 Å². The number of nitrogens with zero attached hydrogens (tertiary/aromatic N) is 2. The Morgan fingerprint density at radius 1 is 1.21 bits per heavy atom. The largest absolute Gasteiger partial charge is 0.494 e. The van der Waals surface area contributed by atoms with Crippen LogP contribution in [0.25, 0.3) is 0 Å². The van der Waals surface area contributed by atoms with Gasteiger partial charge in [0.2, 0.25) is 0 Å². The van der Waals surface area contributed by atoms with E-state index in [9.17, 15) is 4.39 Å². The van der Waals surface area contributed by atoms with E-state index in [1.165, 1.54) is 13.2 Å². The summed E-state index contributed by atoms with van der Waals surface area (Å²) < 4.78 is 35.6. The van der Waals surface area contributed by atoms with Crippen LogP contribution in [-0.2, 0) is 20.6 Å². The third-order valence-corrected chi connectivity index (χ3v) is 6.05. The molecule has 0 radical (unpaired) electrons. The number of halogens is 1. The van der Waals surface area contributed by atoms with Crippen molar-refractivity contribution in [2.24, 2.45) is 0 Å². The second kappa shape index (κ2) is 10.1. The molecule has 1 N–H and O–H groups in total. The van der Waals surface area contributed by atoms with Crippen LogP contribution in [0.5, 0.6) is 5.75 Å². The number of morpholine rings is 1. The van der Waals surface area contributed by atoms with Gasteiger partial charge in [-0.2, -0.15) is 0 Å². The molecule has 2 aliphatic heterocycles. The summed E-state index contributed by atoms with van der Waals surface area (Å²) in [4.78, 5) is 4.84. The van der Waals surface area contributed by atoms with Crippen LogP contribution in [0, 0.1) is 5.82 Å². The second-order valence-electron chi connectivity index (χ2n) is 7.70. The van der Waals surface area contributed by atoms with Crippen LogP contribution in [-0.4, -0.2) is 95.1 Å². The van der Waals surface area contributed by atoms with Gasteiger partial charge in [0.05, 0.1) is 19.8 Å². The van der Waals surface area contributed by atoms with Crippen LogP contribution < -0.4 is 10.1 Å². The SMILES string of the molecule is COc1cc(CC2CN(CCN3CCOC(OC)(OC)C3C)CCN2)ccc1F. The number of ether oxygens (including phenoxy) is 4. The summed E-state index contributed by atoms with van der Waals surface area (Å²) >= 11 is 0. The van der Waals surface area contributed by atoms with Crippen molar-refractivity contribution in [2.45, 2.75) is 31.4 Å². The average Bonchev–Trinajstić information content (AvgIpc) is 2.75. The highest BCUT2D eigenvalue weighted by atomic mass is 19.1. The second-order valence-corrected chi connectivity index (χ2v) is 7.70. The number of nitrogens with one attached hydrogen (secondary N) is 1. The third kappa shape index (κ3) is 5.25. The van der Waals surface area contributed by atoms with Gasteiger partial charge in [-0.25, -0.2) is 4.39 Å². The fourth-order valence-corrected chi connectivity index (χ4v) is 4.31. The summed E-state index contributed by atoms with van der Waals surface area (Å²) in [5, 5.41) is 3.58. The predicted octanol–water partition coefficient (Wildman–Crippen LogP) is 1.32. The Balaban J connectivity index is 1.52. The summed E-state index contributed by atoms with van der Waals surface area (Å²) in [5.74, 6) is -1.01.